The van der Waals surface area contributed by atoms with Crippen molar-refractivity contribution in [3.63, 3.8) is 0 Å². The molecule has 0 aliphatic heterocycles. The molecule has 0 heterocycles. The van der Waals surface area contributed by atoms with Crippen LogP contribution in [0.4, 0.5) is 4.79 Å². The number of amides is 1. The minimum absolute atomic E-state index is 0.163. The van der Waals surface area contributed by atoms with Gasteiger partial charge in [-0.15, -0.1) is 11.8 Å². The fraction of sp³-hybridized carbons (Fsp3) is 0.769. The van der Waals surface area contributed by atoms with Gasteiger partial charge >= 0.3 is 6.09 Å². The molecule has 1 amide bonds. The van der Waals surface area contributed by atoms with E-state index in [4.69, 9.17) is 9.57 Å². The Kier molecular flexibility index (Phi) is 11.2. The molecule has 0 aromatic rings. The van der Waals surface area contributed by atoms with Crippen LogP contribution in [0.25, 0.3) is 0 Å². The molecule has 0 fully saturated rings. The lowest BCUT2D eigenvalue weighted by molar-refractivity contribution is 0.137. The number of carbonyl (C=O) groups is 1. The van der Waals surface area contributed by atoms with Gasteiger partial charge in [0, 0.05) is 13.0 Å². The first-order chi connectivity index (χ1) is 9.92. The highest BCUT2D eigenvalue weighted by Crippen LogP contribution is 2.14. The van der Waals surface area contributed by atoms with Crippen LogP contribution in [0.1, 0.15) is 40.5 Å². The second-order valence-corrected chi connectivity index (χ2v) is 6.43. The topological polar surface area (TPSA) is 63.5 Å². The Labute approximate surface area is 136 Å². The third kappa shape index (κ3) is 9.62. The summed E-state index contributed by atoms with van der Waals surface area (Å²) in [6.07, 6.45) is 3.33. The van der Waals surface area contributed by atoms with Crippen molar-refractivity contribution in [1.82, 2.24) is 4.31 Å². The van der Waals surface area contributed by atoms with Gasteiger partial charge in [-0.05, 0) is 19.6 Å². The molecule has 8 heteroatoms. The number of carbonyl (C=O) groups excluding carboxylic acids is 1. The molecule has 122 valence electrons. The zero-order valence-corrected chi connectivity index (χ0v) is 15.2. The van der Waals surface area contributed by atoms with Gasteiger partial charge < -0.3 is 4.74 Å². The van der Waals surface area contributed by atoms with Crippen LogP contribution in [0, 0.1) is 5.92 Å². The number of rotatable bonds is 7. The number of ether oxygens (including phenoxy) is 1. The lowest BCUT2D eigenvalue weighted by atomic mass is 10.2. The van der Waals surface area contributed by atoms with Crippen LogP contribution in [0.5, 0.6) is 0 Å². The normalized spacial score (nSPS) is 12.5. The Morgan fingerprint density at radius 2 is 2.05 bits per heavy atom. The quantitative estimate of drug-likeness (QED) is 0.174. The summed E-state index contributed by atoms with van der Waals surface area (Å²) < 4.78 is 11.1. The van der Waals surface area contributed by atoms with Crippen molar-refractivity contribution in [3.05, 3.63) is 0 Å². The number of hydrogen-bond acceptors (Lipinski definition) is 7. The first-order valence-corrected chi connectivity index (χ1v) is 8.78. The van der Waals surface area contributed by atoms with E-state index in [2.05, 4.69) is 16.5 Å². The third-order valence-electron chi connectivity index (χ3n) is 2.30. The smallest absolute Gasteiger partial charge is 0.447 e. The molecule has 0 atom stereocenters. The van der Waals surface area contributed by atoms with E-state index in [0.29, 0.717) is 17.5 Å². The molecule has 0 N–H and O–H groups in total. The second-order valence-electron chi connectivity index (χ2n) is 4.54. The average Bonchev–Trinajstić information content (AvgIpc) is 2.46. The van der Waals surface area contributed by atoms with Crippen molar-refractivity contribution in [2.45, 2.75) is 40.5 Å². The zero-order valence-electron chi connectivity index (χ0n) is 13.6. The van der Waals surface area contributed by atoms with Crippen LogP contribution in [-0.2, 0) is 9.57 Å². The average molecular weight is 335 g/mol. The Morgan fingerprint density at radius 1 is 1.38 bits per heavy atom. The van der Waals surface area contributed by atoms with E-state index in [1.165, 1.54) is 16.1 Å². The maximum atomic E-state index is 11.7. The summed E-state index contributed by atoms with van der Waals surface area (Å²) in [6, 6.07) is 0. The molecule has 0 saturated heterocycles. The van der Waals surface area contributed by atoms with E-state index in [1.54, 1.807) is 14.0 Å². The summed E-state index contributed by atoms with van der Waals surface area (Å²) in [4.78, 5) is 16.4. The van der Waals surface area contributed by atoms with Gasteiger partial charge in [0.05, 0.1) is 6.61 Å². The molecule has 0 aromatic carbocycles. The summed E-state index contributed by atoms with van der Waals surface area (Å²) in [5, 5.41) is 4.36. The maximum absolute atomic E-state index is 11.7. The summed E-state index contributed by atoms with van der Waals surface area (Å²) in [5.74, 6) is 0.785. The minimum atomic E-state index is -0.575. The fourth-order valence-electron chi connectivity index (χ4n) is 0.952. The highest BCUT2D eigenvalue weighted by atomic mass is 32.2. The largest absolute Gasteiger partial charge is 0.480 e. The molecule has 0 rings (SSSR count). The van der Waals surface area contributed by atoms with Crippen molar-refractivity contribution in [1.29, 1.82) is 0 Å². The first-order valence-electron chi connectivity index (χ1n) is 6.83. The van der Waals surface area contributed by atoms with E-state index >= 15 is 0 Å². The monoisotopic (exact) mass is 335 g/mol. The Bertz CT molecular complexity index is 374. The Morgan fingerprint density at radius 3 is 2.57 bits per heavy atom. The highest BCUT2D eigenvalue weighted by molar-refractivity contribution is 8.13. The molecular weight excluding hydrogens is 310 g/mol. The van der Waals surface area contributed by atoms with Crippen LogP contribution < -0.4 is 0 Å². The SMILES string of the molecule is CCCCO/C(=N\SN(C)C(=O)O/N=C(/C)SC)C(C)C. The second kappa shape index (κ2) is 11.7. The molecule has 21 heavy (non-hydrogen) atoms. The van der Waals surface area contributed by atoms with E-state index in [0.717, 1.165) is 25.0 Å². The standard InChI is InChI=1S/C13H25N3O3S2/c1-7-8-9-18-12(10(2)3)15-21-16(5)13(17)19-14-11(4)20-6/h10H,7-9H2,1-6H3/b14-11-,15-12-. The van der Waals surface area contributed by atoms with E-state index in [-0.39, 0.29) is 5.92 Å². The maximum Gasteiger partial charge on any atom is 0.447 e. The molecule has 0 aliphatic rings. The van der Waals surface area contributed by atoms with Crippen LogP contribution >= 0.6 is 23.9 Å². The van der Waals surface area contributed by atoms with Crippen molar-refractivity contribution in [2.75, 3.05) is 19.9 Å². The Balaban J connectivity index is 4.40. The van der Waals surface area contributed by atoms with Gasteiger partial charge in [-0.3, -0.25) is 4.84 Å². The van der Waals surface area contributed by atoms with Gasteiger partial charge in [0.1, 0.15) is 17.2 Å². The number of unbranched alkanes of at least 4 members (excludes halogenated alkanes) is 1. The molecule has 6 nitrogen and oxygen atoms in total. The van der Waals surface area contributed by atoms with Gasteiger partial charge in [0.25, 0.3) is 0 Å². The molecular formula is C13H25N3O3S2. The highest BCUT2D eigenvalue weighted by Gasteiger charge is 2.13. The van der Waals surface area contributed by atoms with Gasteiger partial charge in [-0.1, -0.05) is 32.3 Å². The summed E-state index contributed by atoms with van der Waals surface area (Å²) in [6.45, 7) is 8.50. The van der Waals surface area contributed by atoms with Gasteiger partial charge in [0.15, 0.2) is 5.90 Å². The van der Waals surface area contributed by atoms with Crippen molar-refractivity contribution >= 4 is 40.9 Å². The molecule has 0 bridgehead atoms. The summed E-state index contributed by atoms with van der Waals surface area (Å²) >= 11 is 2.40. The van der Waals surface area contributed by atoms with Crippen molar-refractivity contribution in [2.24, 2.45) is 15.5 Å². The molecule has 0 unspecified atom stereocenters. The minimum Gasteiger partial charge on any atom is -0.480 e. The third-order valence-corrected chi connectivity index (χ3v) is 3.62. The van der Waals surface area contributed by atoms with Crippen LogP contribution in [-0.4, -0.2) is 41.3 Å². The fourth-order valence-corrected chi connectivity index (χ4v) is 1.63. The van der Waals surface area contributed by atoms with E-state index in [9.17, 15) is 4.79 Å². The van der Waals surface area contributed by atoms with Crippen LogP contribution in [0.15, 0.2) is 9.55 Å². The number of oxime groups is 1. The van der Waals surface area contributed by atoms with Gasteiger partial charge in [-0.25, -0.2) is 9.10 Å². The number of hydrogen-bond donors (Lipinski definition) is 0. The lowest BCUT2D eigenvalue weighted by Crippen LogP contribution is -2.20. The van der Waals surface area contributed by atoms with Gasteiger partial charge in [-0.2, -0.15) is 4.40 Å². The predicted octanol–water partition coefficient (Wildman–Crippen LogP) is 4.19. The molecule has 0 radical (unpaired) electrons. The van der Waals surface area contributed by atoms with Gasteiger partial charge in [0.2, 0.25) is 0 Å². The molecule has 0 saturated carbocycles. The van der Waals surface area contributed by atoms with Crippen LogP contribution in [0.2, 0.25) is 0 Å². The molecule has 0 spiro atoms. The molecule has 0 aromatic heterocycles. The van der Waals surface area contributed by atoms with Crippen molar-refractivity contribution in [3.8, 4) is 0 Å². The Hall–Kier alpha value is -0.890. The van der Waals surface area contributed by atoms with E-state index in [1.807, 2.05) is 20.1 Å². The summed E-state index contributed by atoms with van der Waals surface area (Å²) in [7, 11) is 1.57. The lowest BCUT2D eigenvalue weighted by Gasteiger charge is -2.14. The van der Waals surface area contributed by atoms with Crippen molar-refractivity contribution < 1.29 is 14.4 Å². The van der Waals surface area contributed by atoms with Crippen LogP contribution in [0.3, 0.4) is 0 Å². The number of nitrogens with zero attached hydrogens (tertiary/aromatic N) is 3. The van der Waals surface area contributed by atoms with E-state index < -0.39 is 6.09 Å². The first kappa shape index (κ1) is 20.1. The number of thioether (sulfide) groups is 1. The predicted molar refractivity (Wildman–Crippen MR) is 91.6 cm³/mol. The zero-order chi connectivity index (χ0) is 16.3. The summed E-state index contributed by atoms with van der Waals surface area (Å²) in [5.41, 5.74) is 0. The molecule has 0 aliphatic carbocycles.